The zero-order chi connectivity index (χ0) is 22.5. The number of hydrogen-bond donors (Lipinski definition) is 1. The third kappa shape index (κ3) is 5.97. The molecule has 166 valence electrons. The molecular weight excluding hydrogens is 382 g/mol. The highest BCUT2D eigenvalue weighted by Gasteiger charge is 2.45. The average Bonchev–Trinajstić information content (AvgIpc) is 3.00. The summed E-state index contributed by atoms with van der Waals surface area (Å²) in [6.45, 7) is 8.34. The van der Waals surface area contributed by atoms with E-state index in [2.05, 4.69) is 12.2 Å². The molecule has 1 N–H and O–H groups in total. The molecule has 3 amide bonds. The number of carbonyl (C=O) groups is 3. The van der Waals surface area contributed by atoms with E-state index in [0.717, 1.165) is 24.2 Å². The minimum absolute atomic E-state index is 0.0184. The number of amides is 3. The first kappa shape index (κ1) is 23.7. The molecule has 1 fully saturated rings. The van der Waals surface area contributed by atoms with Crippen molar-refractivity contribution in [3.05, 3.63) is 29.8 Å². The van der Waals surface area contributed by atoms with E-state index in [9.17, 15) is 14.4 Å². The molecule has 1 aliphatic rings. The van der Waals surface area contributed by atoms with Crippen LogP contribution in [0.3, 0.4) is 0 Å². The zero-order valence-corrected chi connectivity index (χ0v) is 19.0. The number of nitrogens with one attached hydrogen (secondary N) is 1. The molecule has 1 saturated heterocycles. The van der Waals surface area contributed by atoms with E-state index in [1.54, 1.807) is 14.2 Å². The summed E-state index contributed by atoms with van der Waals surface area (Å²) < 4.78 is 5.24. The van der Waals surface area contributed by atoms with Gasteiger partial charge in [-0.15, -0.1) is 0 Å². The predicted molar refractivity (Wildman–Crippen MR) is 116 cm³/mol. The van der Waals surface area contributed by atoms with Gasteiger partial charge in [0.2, 0.25) is 17.7 Å². The van der Waals surface area contributed by atoms with Gasteiger partial charge in [0.15, 0.2) is 0 Å². The summed E-state index contributed by atoms with van der Waals surface area (Å²) in [5.41, 5.74) is 0.538. The van der Waals surface area contributed by atoms with Gasteiger partial charge in [0.25, 0.3) is 0 Å². The largest absolute Gasteiger partial charge is 0.497 e. The number of nitrogens with zero attached hydrogens (tertiary/aromatic N) is 2. The van der Waals surface area contributed by atoms with Gasteiger partial charge in [0.1, 0.15) is 5.75 Å². The lowest BCUT2D eigenvalue weighted by Gasteiger charge is -2.30. The molecule has 2 rings (SSSR count). The van der Waals surface area contributed by atoms with E-state index in [0.29, 0.717) is 6.54 Å². The van der Waals surface area contributed by atoms with Gasteiger partial charge >= 0.3 is 0 Å². The predicted octanol–water partition coefficient (Wildman–Crippen LogP) is 2.76. The number of rotatable bonds is 8. The second-order valence-corrected chi connectivity index (χ2v) is 8.96. The SMILES string of the molecule is CCCCN1C(=O)C[C@@H](C(=O)N(C)CC(=O)NC(C)(C)C)[C@@H]1c1ccc(OC)cc1. The van der Waals surface area contributed by atoms with Crippen LogP contribution < -0.4 is 10.1 Å². The molecule has 0 spiro atoms. The lowest BCUT2D eigenvalue weighted by atomic mass is 9.92. The fraction of sp³-hybridized carbons (Fsp3) is 0.609. The maximum absolute atomic E-state index is 13.3. The summed E-state index contributed by atoms with van der Waals surface area (Å²) in [5.74, 6) is -0.217. The molecule has 0 saturated carbocycles. The summed E-state index contributed by atoms with van der Waals surface area (Å²) in [5, 5.41) is 2.87. The number of likely N-dealkylation sites (tertiary alicyclic amines) is 1. The number of unbranched alkanes of at least 4 members (excludes halogenated alkanes) is 1. The van der Waals surface area contributed by atoms with Gasteiger partial charge in [-0.3, -0.25) is 14.4 Å². The molecule has 0 bridgehead atoms. The Morgan fingerprint density at radius 1 is 1.23 bits per heavy atom. The molecule has 0 radical (unpaired) electrons. The van der Waals surface area contributed by atoms with Gasteiger partial charge in [-0.2, -0.15) is 0 Å². The lowest BCUT2D eigenvalue weighted by molar-refractivity contribution is -0.139. The minimum atomic E-state index is -0.518. The third-order valence-corrected chi connectivity index (χ3v) is 5.23. The van der Waals surface area contributed by atoms with Crippen molar-refractivity contribution in [1.29, 1.82) is 0 Å². The van der Waals surface area contributed by atoms with Gasteiger partial charge in [-0.25, -0.2) is 0 Å². The van der Waals surface area contributed by atoms with Gasteiger partial charge in [-0.05, 0) is 44.9 Å². The summed E-state index contributed by atoms with van der Waals surface area (Å²) in [7, 11) is 3.22. The quantitative estimate of drug-likeness (QED) is 0.705. The number of hydrogen-bond acceptors (Lipinski definition) is 4. The van der Waals surface area contributed by atoms with Gasteiger partial charge < -0.3 is 19.9 Å². The summed E-state index contributed by atoms with van der Waals surface area (Å²) in [6, 6.07) is 7.17. The van der Waals surface area contributed by atoms with Crippen molar-refractivity contribution in [2.24, 2.45) is 5.92 Å². The Hall–Kier alpha value is -2.57. The average molecular weight is 418 g/mol. The molecule has 1 aliphatic heterocycles. The van der Waals surface area contributed by atoms with E-state index in [1.807, 2.05) is 49.9 Å². The van der Waals surface area contributed by atoms with Gasteiger partial charge in [0, 0.05) is 25.6 Å². The first-order valence-electron chi connectivity index (χ1n) is 10.6. The fourth-order valence-electron chi connectivity index (χ4n) is 3.85. The Kier molecular flexibility index (Phi) is 7.87. The van der Waals surface area contributed by atoms with Gasteiger partial charge in [-0.1, -0.05) is 25.5 Å². The molecule has 1 heterocycles. The van der Waals surface area contributed by atoms with Crippen LogP contribution in [-0.2, 0) is 14.4 Å². The molecule has 7 nitrogen and oxygen atoms in total. The Labute approximate surface area is 179 Å². The van der Waals surface area contributed by atoms with Crippen LogP contribution >= 0.6 is 0 Å². The highest BCUT2D eigenvalue weighted by molar-refractivity contribution is 5.92. The van der Waals surface area contributed by atoms with Crippen LogP contribution in [0.2, 0.25) is 0 Å². The number of ether oxygens (including phenoxy) is 1. The van der Waals surface area contributed by atoms with Crippen LogP contribution in [0.4, 0.5) is 0 Å². The van der Waals surface area contributed by atoms with E-state index in [-0.39, 0.29) is 42.3 Å². The molecule has 0 aliphatic carbocycles. The molecule has 1 aromatic carbocycles. The monoisotopic (exact) mass is 417 g/mol. The van der Waals surface area contributed by atoms with Crippen LogP contribution in [0.1, 0.15) is 58.6 Å². The molecule has 1 aromatic rings. The number of methoxy groups -OCH3 is 1. The zero-order valence-electron chi connectivity index (χ0n) is 19.0. The van der Waals surface area contributed by atoms with Crippen molar-refractivity contribution in [1.82, 2.24) is 15.1 Å². The van der Waals surface area contributed by atoms with Crippen molar-refractivity contribution in [2.45, 2.75) is 58.5 Å². The van der Waals surface area contributed by atoms with E-state index < -0.39 is 5.92 Å². The van der Waals surface area contributed by atoms with Crippen LogP contribution in [0, 0.1) is 5.92 Å². The van der Waals surface area contributed by atoms with E-state index in [1.165, 1.54) is 4.90 Å². The van der Waals surface area contributed by atoms with Crippen molar-refractivity contribution < 1.29 is 19.1 Å². The van der Waals surface area contributed by atoms with Crippen molar-refractivity contribution >= 4 is 17.7 Å². The Balaban J connectivity index is 2.24. The first-order valence-corrected chi connectivity index (χ1v) is 10.6. The van der Waals surface area contributed by atoms with E-state index in [4.69, 9.17) is 4.74 Å². The highest BCUT2D eigenvalue weighted by Crippen LogP contribution is 2.39. The van der Waals surface area contributed by atoms with Crippen molar-refractivity contribution in [3.8, 4) is 5.75 Å². The summed E-state index contributed by atoms with van der Waals surface area (Å²) >= 11 is 0. The lowest BCUT2D eigenvalue weighted by Crippen LogP contribution is -2.47. The standard InChI is InChI=1S/C23H35N3O4/c1-7-8-13-26-20(28)14-18(21(26)16-9-11-17(30-6)12-10-16)22(29)25(5)15-19(27)24-23(2,3)4/h9-12,18,21H,7-8,13-15H2,1-6H3,(H,24,27)/t18-,21+/m1/s1. The summed E-state index contributed by atoms with van der Waals surface area (Å²) in [6.07, 6.45) is 2.00. The van der Waals surface area contributed by atoms with Crippen LogP contribution in [0.25, 0.3) is 0 Å². The second kappa shape index (κ2) is 9.96. The topological polar surface area (TPSA) is 79.0 Å². The van der Waals surface area contributed by atoms with E-state index >= 15 is 0 Å². The molecule has 0 aromatic heterocycles. The first-order chi connectivity index (χ1) is 14.1. The molecule has 0 unspecified atom stereocenters. The maximum atomic E-state index is 13.3. The molecular formula is C23H35N3O4. The fourth-order valence-corrected chi connectivity index (χ4v) is 3.85. The number of carbonyl (C=O) groups excluding carboxylic acids is 3. The van der Waals surface area contributed by atoms with Crippen LogP contribution in [0.15, 0.2) is 24.3 Å². The molecule has 7 heteroatoms. The normalized spacial score (nSPS) is 19.0. The Morgan fingerprint density at radius 2 is 1.87 bits per heavy atom. The Bertz CT molecular complexity index is 755. The van der Waals surface area contributed by atoms with Crippen LogP contribution in [-0.4, -0.2) is 60.3 Å². The maximum Gasteiger partial charge on any atom is 0.240 e. The molecule has 30 heavy (non-hydrogen) atoms. The van der Waals surface area contributed by atoms with Crippen molar-refractivity contribution in [3.63, 3.8) is 0 Å². The number of benzene rings is 1. The van der Waals surface area contributed by atoms with Gasteiger partial charge in [0.05, 0.1) is 25.6 Å². The van der Waals surface area contributed by atoms with Crippen LogP contribution in [0.5, 0.6) is 5.75 Å². The minimum Gasteiger partial charge on any atom is -0.497 e. The Morgan fingerprint density at radius 3 is 2.40 bits per heavy atom. The highest BCUT2D eigenvalue weighted by atomic mass is 16.5. The molecule has 2 atom stereocenters. The summed E-state index contributed by atoms with van der Waals surface area (Å²) in [4.78, 5) is 41.6. The smallest absolute Gasteiger partial charge is 0.240 e. The number of likely N-dealkylation sites (N-methyl/N-ethyl adjacent to an activating group) is 1. The second-order valence-electron chi connectivity index (χ2n) is 8.96. The third-order valence-electron chi connectivity index (χ3n) is 5.23. The van der Waals surface area contributed by atoms with Crippen molar-refractivity contribution in [2.75, 3.05) is 27.2 Å².